The van der Waals surface area contributed by atoms with Crippen LogP contribution in [0.5, 0.6) is 0 Å². The van der Waals surface area contributed by atoms with Crippen LogP contribution in [0.3, 0.4) is 0 Å². The largest absolute Gasteiger partial charge is 0.295 e. The number of halogens is 4. The van der Waals surface area contributed by atoms with Gasteiger partial charge in [-0.2, -0.15) is 0 Å². The molecule has 3 rings (SSSR count). The maximum atomic E-state index is 13.8. The predicted octanol–water partition coefficient (Wildman–Crippen LogP) is 5.32. The molecule has 0 saturated heterocycles. The second-order valence-corrected chi connectivity index (χ2v) is 5.79. The molecule has 0 atom stereocenters. The van der Waals surface area contributed by atoms with Crippen LogP contribution in [0.4, 0.5) is 4.39 Å². The van der Waals surface area contributed by atoms with Gasteiger partial charge in [0.2, 0.25) is 0 Å². The van der Waals surface area contributed by atoms with Crippen molar-refractivity contribution in [3.8, 4) is 5.69 Å². The summed E-state index contributed by atoms with van der Waals surface area (Å²) in [4.78, 5) is 4.43. The third-order valence-electron chi connectivity index (χ3n) is 2.95. The van der Waals surface area contributed by atoms with Crippen molar-refractivity contribution in [2.45, 2.75) is 5.88 Å². The SMILES string of the molecule is Fc1cc2c(cc1Br)nc(CCl)n2-c1cccc(Cl)c1. The van der Waals surface area contributed by atoms with Crippen LogP contribution >= 0.6 is 39.1 Å². The molecule has 102 valence electrons. The number of benzene rings is 2. The summed E-state index contributed by atoms with van der Waals surface area (Å²) in [6, 6.07) is 10.4. The standard InChI is InChI=1S/C14H8BrCl2FN2/c15-10-5-12-13(6-11(10)18)20(14(7-16)19-12)9-3-1-2-8(17)4-9/h1-6H,7H2. The van der Waals surface area contributed by atoms with Gasteiger partial charge in [-0.05, 0) is 40.2 Å². The molecule has 0 N–H and O–H groups in total. The lowest BCUT2D eigenvalue weighted by Gasteiger charge is -2.08. The van der Waals surface area contributed by atoms with Crippen LogP contribution in [0.1, 0.15) is 5.82 Å². The summed E-state index contributed by atoms with van der Waals surface area (Å²) in [5, 5.41) is 0.599. The van der Waals surface area contributed by atoms with Gasteiger partial charge in [-0.15, -0.1) is 11.6 Å². The molecule has 0 amide bonds. The fraction of sp³-hybridized carbons (Fsp3) is 0.0714. The van der Waals surface area contributed by atoms with Crippen LogP contribution < -0.4 is 0 Å². The Morgan fingerprint density at radius 3 is 2.75 bits per heavy atom. The van der Waals surface area contributed by atoms with E-state index in [2.05, 4.69) is 20.9 Å². The zero-order valence-corrected chi connectivity index (χ0v) is 13.2. The lowest BCUT2D eigenvalue weighted by molar-refractivity contribution is 0.622. The monoisotopic (exact) mass is 372 g/mol. The summed E-state index contributed by atoms with van der Waals surface area (Å²) >= 11 is 15.1. The number of alkyl halides is 1. The zero-order valence-electron chi connectivity index (χ0n) is 10.1. The maximum absolute atomic E-state index is 13.8. The second-order valence-electron chi connectivity index (χ2n) is 4.23. The van der Waals surface area contributed by atoms with E-state index in [4.69, 9.17) is 23.2 Å². The van der Waals surface area contributed by atoms with E-state index in [9.17, 15) is 4.39 Å². The first kappa shape index (κ1) is 13.9. The average Bonchev–Trinajstić information content (AvgIpc) is 2.77. The van der Waals surface area contributed by atoms with Gasteiger partial charge in [0.25, 0.3) is 0 Å². The van der Waals surface area contributed by atoms with Crippen molar-refractivity contribution in [2.24, 2.45) is 0 Å². The van der Waals surface area contributed by atoms with Gasteiger partial charge < -0.3 is 0 Å². The van der Waals surface area contributed by atoms with Gasteiger partial charge in [0.05, 0.1) is 21.4 Å². The molecule has 0 radical (unpaired) electrons. The molecule has 6 heteroatoms. The van der Waals surface area contributed by atoms with Gasteiger partial charge in [-0.25, -0.2) is 9.37 Å². The Morgan fingerprint density at radius 2 is 2.05 bits per heavy atom. The van der Waals surface area contributed by atoms with Gasteiger partial charge in [0.1, 0.15) is 11.6 Å². The predicted molar refractivity (Wildman–Crippen MR) is 83.3 cm³/mol. The molecule has 3 aromatic rings. The summed E-state index contributed by atoms with van der Waals surface area (Å²) in [7, 11) is 0. The van der Waals surface area contributed by atoms with Crippen molar-refractivity contribution in [3.05, 3.63) is 57.5 Å². The summed E-state index contributed by atoms with van der Waals surface area (Å²) in [5.41, 5.74) is 2.13. The molecule has 2 nitrogen and oxygen atoms in total. The molecule has 1 aromatic heterocycles. The molecule has 0 aliphatic heterocycles. The molecule has 0 saturated carbocycles. The number of rotatable bonds is 2. The van der Waals surface area contributed by atoms with Crippen molar-refractivity contribution >= 4 is 50.2 Å². The molecule has 0 aliphatic carbocycles. The van der Waals surface area contributed by atoms with Gasteiger partial charge >= 0.3 is 0 Å². The van der Waals surface area contributed by atoms with Crippen LogP contribution in [-0.4, -0.2) is 9.55 Å². The van der Waals surface area contributed by atoms with E-state index in [0.717, 1.165) is 5.69 Å². The number of hydrogen-bond donors (Lipinski definition) is 0. The highest BCUT2D eigenvalue weighted by molar-refractivity contribution is 9.10. The van der Waals surface area contributed by atoms with E-state index in [1.54, 1.807) is 18.2 Å². The molecular formula is C14H8BrCl2FN2. The van der Waals surface area contributed by atoms with Gasteiger partial charge in [0.15, 0.2) is 0 Å². The first-order valence-corrected chi connectivity index (χ1v) is 7.49. The van der Waals surface area contributed by atoms with E-state index < -0.39 is 0 Å². The quantitative estimate of drug-likeness (QED) is 0.556. The fourth-order valence-electron chi connectivity index (χ4n) is 2.12. The van der Waals surface area contributed by atoms with E-state index >= 15 is 0 Å². The highest BCUT2D eigenvalue weighted by Gasteiger charge is 2.14. The number of aromatic nitrogens is 2. The summed E-state index contributed by atoms with van der Waals surface area (Å²) in [5.74, 6) is 0.517. The topological polar surface area (TPSA) is 17.8 Å². The van der Waals surface area contributed by atoms with Gasteiger partial charge in [-0.1, -0.05) is 17.7 Å². The number of imidazole rings is 1. The van der Waals surface area contributed by atoms with Crippen molar-refractivity contribution in [1.82, 2.24) is 9.55 Å². The molecule has 0 bridgehead atoms. The smallest absolute Gasteiger partial charge is 0.139 e. The minimum atomic E-state index is -0.346. The number of fused-ring (bicyclic) bond motifs is 1. The summed E-state index contributed by atoms with van der Waals surface area (Å²) in [6.45, 7) is 0. The molecular weight excluding hydrogens is 366 g/mol. The van der Waals surface area contributed by atoms with Crippen molar-refractivity contribution in [3.63, 3.8) is 0 Å². The lowest BCUT2D eigenvalue weighted by Crippen LogP contribution is -1.99. The first-order valence-electron chi connectivity index (χ1n) is 5.78. The van der Waals surface area contributed by atoms with Crippen LogP contribution in [0.25, 0.3) is 16.7 Å². The van der Waals surface area contributed by atoms with Crippen LogP contribution in [0.15, 0.2) is 40.9 Å². The maximum Gasteiger partial charge on any atom is 0.139 e. The van der Waals surface area contributed by atoms with Crippen molar-refractivity contribution in [2.75, 3.05) is 0 Å². The van der Waals surface area contributed by atoms with Crippen molar-refractivity contribution in [1.29, 1.82) is 0 Å². The van der Waals surface area contributed by atoms with E-state index in [0.29, 0.717) is 26.4 Å². The molecule has 0 spiro atoms. The van der Waals surface area contributed by atoms with Crippen molar-refractivity contribution < 1.29 is 4.39 Å². The van der Waals surface area contributed by atoms with Gasteiger partial charge in [0, 0.05) is 16.8 Å². The Bertz CT molecular complexity index is 801. The fourth-order valence-corrected chi connectivity index (χ4v) is 2.81. The molecule has 0 unspecified atom stereocenters. The number of hydrogen-bond acceptors (Lipinski definition) is 1. The summed E-state index contributed by atoms with van der Waals surface area (Å²) < 4.78 is 16.0. The minimum absolute atomic E-state index is 0.223. The Hall–Kier alpha value is -1.10. The Kier molecular flexibility index (Phi) is 3.71. The van der Waals surface area contributed by atoms with E-state index in [1.165, 1.54) is 6.07 Å². The normalized spacial score (nSPS) is 11.2. The van der Waals surface area contributed by atoms with Gasteiger partial charge in [-0.3, -0.25) is 4.57 Å². The molecule has 0 fully saturated rings. The lowest BCUT2D eigenvalue weighted by atomic mass is 10.2. The van der Waals surface area contributed by atoms with Crippen LogP contribution in [0.2, 0.25) is 5.02 Å². The Labute approximate surface area is 133 Å². The number of nitrogens with zero attached hydrogens (tertiary/aromatic N) is 2. The zero-order chi connectivity index (χ0) is 14.3. The van der Waals surface area contributed by atoms with E-state index in [1.807, 2.05) is 16.7 Å². The van der Waals surface area contributed by atoms with Crippen LogP contribution in [0, 0.1) is 5.82 Å². The second kappa shape index (κ2) is 5.35. The Morgan fingerprint density at radius 1 is 1.25 bits per heavy atom. The van der Waals surface area contributed by atoms with E-state index in [-0.39, 0.29) is 11.7 Å². The molecule has 2 aromatic carbocycles. The minimum Gasteiger partial charge on any atom is -0.295 e. The third-order valence-corrected chi connectivity index (χ3v) is 4.03. The molecule has 1 heterocycles. The highest BCUT2D eigenvalue weighted by Crippen LogP contribution is 2.28. The first-order chi connectivity index (χ1) is 9.60. The average molecular weight is 374 g/mol. The van der Waals surface area contributed by atoms with Crippen LogP contribution in [-0.2, 0) is 5.88 Å². The Balaban J connectivity index is 2.35. The molecule has 20 heavy (non-hydrogen) atoms. The third kappa shape index (κ3) is 2.32. The molecule has 0 aliphatic rings. The highest BCUT2D eigenvalue weighted by atomic mass is 79.9. The summed E-state index contributed by atoms with van der Waals surface area (Å²) in [6.07, 6.45) is 0.